The summed E-state index contributed by atoms with van der Waals surface area (Å²) >= 11 is 0. The third kappa shape index (κ3) is 5.59. The number of pyridine rings is 1. The molecule has 38 heavy (non-hydrogen) atoms. The fraction of sp³-hybridized carbons (Fsp3) is 0.577. The van der Waals surface area contributed by atoms with Crippen LogP contribution in [0.4, 0.5) is 28.2 Å². The topological polar surface area (TPSA) is 117 Å². The number of aromatic nitrogens is 5. The van der Waals surface area contributed by atoms with Crippen LogP contribution in [0, 0.1) is 0 Å². The second kappa shape index (κ2) is 11.4. The molecule has 0 radical (unpaired) electrons. The van der Waals surface area contributed by atoms with Gasteiger partial charge in [0.05, 0.1) is 18.3 Å². The Kier molecular flexibility index (Phi) is 7.77. The van der Waals surface area contributed by atoms with E-state index >= 15 is 0 Å². The fourth-order valence-electron chi connectivity index (χ4n) is 5.11. The lowest BCUT2D eigenvalue weighted by atomic mass is 10.2. The normalized spacial score (nSPS) is 18.0. The van der Waals surface area contributed by atoms with Gasteiger partial charge in [-0.2, -0.15) is 15.1 Å². The summed E-state index contributed by atoms with van der Waals surface area (Å²) in [4.78, 5) is 33.2. The lowest BCUT2D eigenvalue weighted by molar-refractivity contribution is 0.177. The lowest BCUT2D eigenvalue weighted by Crippen LogP contribution is -2.52. The molecule has 3 aromatic heterocycles. The molecule has 0 saturated carbocycles. The number of piperazine rings is 1. The molecular weight excluding hydrogens is 484 g/mol. The fourth-order valence-corrected chi connectivity index (χ4v) is 5.11. The highest BCUT2D eigenvalue weighted by atomic mass is 16.5. The largest absolute Gasteiger partial charge is 0.383 e. The van der Waals surface area contributed by atoms with Gasteiger partial charge in [0.25, 0.3) is 0 Å². The second-order valence-electron chi connectivity index (χ2n) is 10.2. The minimum Gasteiger partial charge on any atom is -0.383 e. The van der Waals surface area contributed by atoms with Crippen LogP contribution < -0.4 is 20.4 Å². The van der Waals surface area contributed by atoms with Crippen molar-refractivity contribution >= 4 is 40.3 Å². The van der Waals surface area contributed by atoms with E-state index in [0.717, 1.165) is 41.9 Å². The molecule has 12 nitrogen and oxygen atoms in total. The van der Waals surface area contributed by atoms with Crippen molar-refractivity contribution in [1.82, 2.24) is 34.9 Å². The second-order valence-corrected chi connectivity index (χ2v) is 10.2. The molecule has 12 heteroatoms. The van der Waals surface area contributed by atoms with Crippen LogP contribution in [-0.4, -0.2) is 94.7 Å². The van der Waals surface area contributed by atoms with Crippen LogP contribution in [0.2, 0.25) is 0 Å². The molecule has 2 fully saturated rings. The van der Waals surface area contributed by atoms with Gasteiger partial charge in [0.15, 0.2) is 0 Å². The van der Waals surface area contributed by atoms with Crippen LogP contribution in [0.25, 0.3) is 10.9 Å². The summed E-state index contributed by atoms with van der Waals surface area (Å²) < 4.78 is 7.02. The average Bonchev–Trinajstić information content (AvgIpc) is 3.54. The highest BCUT2D eigenvalue weighted by Gasteiger charge is 2.26. The number of nitrogens with zero attached hydrogens (tertiary/aromatic N) is 8. The number of nitrogens with one attached hydrogen (secondary N) is 2. The van der Waals surface area contributed by atoms with Gasteiger partial charge in [0.2, 0.25) is 5.95 Å². The van der Waals surface area contributed by atoms with E-state index < -0.39 is 0 Å². The first-order chi connectivity index (χ1) is 18.4. The Balaban J connectivity index is 1.37. The van der Waals surface area contributed by atoms with Gasteiger partial charge in [-0.1, -0.05) is 0 Å². The van der Waals surface area contributed by atoms with E-state index in [1.54, 1.807) is 7.11 Å². The molecule has 2 aliphatic heterocycles. The Morgan fingerprint density at radius 1 is 1.11 bits per heavy atom. The molecule has 0 spiro atoms. The molecule has 2 amide bonds. The smallest absolute Gasteiger partial charge is 0.317 e. The number of methoxy groups -OCH3 is 1. The summed E-state index contributed by atoms with van der Waals surface area (Å²) in [6.07, 6.45) is 5.97. The van der Waals surface area contributed by atoms with Gasteiger partial charge in [0, 0.05) is 82.2 Å². The van der Waals surface area contributed by atoms with E-state index in [2.05, 4.69) is 57.4 Å². The van der Waals surface area contributed by atoms with E-state index in [4.69, 9.17) is 14.7 Å². The lowest BCUT2D eigenvalue weighted by Gasteiger charge is -2.36. The van der Waals surface area contributed by atoms with E-state index in [0.29, 0.717) is 57.1 Å². The van der Waals surface area contributed by atoms with Crippen molar-refractivity contribution < 1.29 is 9.53 Å². The van der Waals surface area contributed by atoms with Crippen molar-refractivity contribution in [3.8, 4) is 0 Å². The summed E-state index contributed by atoms with van der Waals surface area (Å²) in [6.45, 7) is 11.1. The maximum Gasteiger partial charge on any atom is 0.317 e. The van der Waals surface area contributed by atoms with Crippen LogP contribution in [0.5, 0.6) is 0 Å². The highest BCUT2D eigenvalue weighted by molar-refractivity contribution is 5.81. The molecule has 5 heterocycles. The van der Waals surface area contributed by atoms with E-state index in [1.807, 2.05) is 28.0 Å². The van der Waals surface area contributed by atoms with Crippen LogP contribution in [0.3, 0.4) is 0 Å². The summed E-state index contributed by atoms with van der Waals surface area (Å²) in [5.41, 5.74) is 1.02. The molecule has 1 unspecified atom stereocenters. The summed E-state index contributed by atoms with van der Waals surface area (Å²) in [7, 11) is 1.63. The first-order valence-electron chi connectivity index (χ1n) is 13.5. The van der Waals surface area contributed by atoms with E-state index in [-0.39, 0.29) is 12.1 Å². The molecule has 0 aromatic carbocycles. The van der Waals surface area contributed by atoms with Crippen LogP contribution in [0.1, 0.15) is 39.7 Å². The Morgan fingerprint density at radius 2 is 1.89 bits per heavy atom. The van der Waals surface area contributed by atoms with E-state index in [9.17, 15) is 4.79 Å². The van der Waals surface area contributed by atoms with Crippen molar-refractivity contribution in [2.45, 2.75) is 45.7 Å². The molecule has 0 aliphatic carbocycles. The number of hydrogen-bond acceptors (Lipinski definition) is 9. The molecule has 5 rings (SSSR count). The zero-order valence-corrected chi connectivity index (χ0v) is 22.7. The van der Waals surface area contributed by atoms with Gasteiger partial charge in [-0.05, 0) is 33.6 Å². The van der Waals surface area contributed by atoms with Crippen molar-refractivity contribution in [2.75, 3.05) is 68.1 Å². The number of carbonyl (C=O) groups excluding carboxylic acids is 1. The molecule has 3 aromatic rings. The summed E-state index contributed by atoms with van der Waals surface area (Å²) in [6, 6.07) is 4.68. The maximum absolute atomic E-state index is 12.5. The van der Waals surface area contributed by atoms with Crippen LogP contribution in [-0.2, 0) is 4.74 Å². The zero-order chi connectivity index (χ0) is 26.6. The van der Waals surface area contributed by atoms with Crippen molar-refractivity contribution in [2.24, 2.45) is 0 Å². The van der Waals surface area contributed by atoms with Crippen molar-refractivity contribution in [3.63, 3.8) is 0 Å². The first-order valence-corrected chi connectivity index (χ1v) is 13.5. The molecule has 204 valence electrons. The Hall–Kier alpha value is -3.67. The first kappa shape index (κ1) is 26.0. The molecule has 2 saturated heterocycles. The number of urea groups is 1. The Morgan fingerprint density at radius 3 is 2.61 bits per heavy atom. The molecule has 1 atom stereocenters. The number of fused-ring (bicyclic) bond motifs is 1. The minimum atomic E-state index is -0.0552. The van der Waals surface area contributed by atoms with Gasteiger partial charge in [-0.15, -0.1) is 0 Å². The standard InChI is InChI=1S/C26H38N10O2/c1-18(2)36-21-14-22(28-16-20(21)17-29-36)30-25-31-23(15-24(32-25)35-8-5-6-19(35)3)33-9-11-34(12-10-33)26(37)27-7-13-38-4/h14-19H,5-13H2,1-4H3,(H,27,37)(H,28,30,31,32). The van der Waals surface area contributed by atoms with Crippen molar-refractivity contribution in [1.29, 1.82) is 0 Å². The molecule has 0 bridgehead atoms. The predicted octanol–water partition coefficient (Wildman–Crippen LogP) is 3.01. The maximum atomic E-state index is 12.5. The number of ether oxygens (including phenoxy) is 1. The van der Waals surface area contributed by atoms with Gasteiger partial charge in [-0.3, -0.25) is 4.68 Å². The minimum absolute atomic E-state index is 0.0552. The quantitative estimate of drug-likeness (QED) is 0.431. The van der Waals surface area contributed by atoms with Gasteiger partial charge < -0.3 is 30.1 Å². The Labute approximate surface area is 223 Å². The SMILES string of the molecule is COCCNC(=O)N1CCN(c2cc(N3CCCC3C)nc(Nc3cc4c(cn3)cnn4C(C)C)n2)CC1. The summed E-state index contributed by atoms with van der Waals surface area (Å²) in [5.74, 6) is 2.95. The number of carbonyl (C=O) groups is 1. The number of hydrogen-bond donors (Lipinski definition) is 2. The van der Waals surface area contributed by atoms with E-state index in [1.165, 1.54) is 0 Å². The van der Waals surface area contributed by atoms with Crippen LogP contribution >= 0.6 is 0 Å². The predicted molar refractivity (Wildman–Crippen MR) is 148 cm³/mol. The number of rotatable bonds is 8. The highest BCUT2D eigenvalue weighted by Crippen LogP contribution is 2.29. The monoisotopic (exact) mass is 522 g/mol. The Bertz CT molecular complexity index is 1250. The van der Waals surface area contributed by atoms with Gasteiger partial charge >= 0.3 is 6.03 Å². The number of amides is 2. The van der Waals surface area contributed by atoms with Crippen LogP contribution in [0.15, 0.2) is 24.5 Å². The van der Waals surface area contributed by atoms with Gasteiger partial charge in [-0.25, -0.2) is 9.78 Å². The zero-order valence-electron chi connectivity index (χ0n) is 22.7. The van der Waals surface area contributed by atoms with Crippen molar-refractivity contribution in [3.05, 3.63) is 24.5 Å². The van der Waals surface area contributed by atoms with Gasteiger partial charge in [0.1, 0.15) is 17.5 Å². The number of anilines is 4. The summed E-state index contributed by atoms with van der Waals surface area (Å²) in [5, 5.41) is 11.7. The average molecular weight is 523 g/mol. The third-order valence-electron chi connectivity index (χ3n) is 7.23. The third-order valence-corrected chi connectivity index (χ3v) is 7.23. The molecule has 2 aliphatic rings. The molecular formula is C26H38N10O2. The molecule has 2 N–H and O–H groups in total.